The van der Waals surface area contributed by atoms with Gasteiger partial charge in [0.25, 0.3) is 5.91 Å². The third-order valence-electron chi connectivity index (χ3n) is 9.56. The molecule has 1 aliphatic heterocycles. The van der Waals surface area contributed by atoms with E-state index in [1.165, 1.54) is 15.9 Å². The number of carbonyl (C=O) groups excluding carboxylic acids is 1. The lowest BCUT2D eigenvalue weighted by atomic mass is 9.57. The zero-order valence-corrected chi connectivity index (χ0v) is 23.9. The number of alkyl halides is 3. The summed E-state index contributed by atoms with van der Waals surface area (Å²) in [6.45, 7) is 1.29. The van der Waals surface area contributed by atoms with Gasteiger partial charge >= 0.3 is 12.3 Å². The number of aromatic nitrogens is 3. The van der Waals surface area contributed by atoms with Crippen LogP contribution in [0.25, 0.3) is 0 Å². The summed E-state index contributed by atoms with van der Waals surface area (Å²) in [6, 6.07) is 11.8. The van der Waals surface area contributed by atoms with Crippen LogP contribution >= 0.6 is 0 Å². The molecule has 2 heterocycles. The Morgan fingerprint density at radius 3 is 2.56 bits per heavy atom. The number of amides is 2. The minimum absolute atomic E-state index is 0.0694. The maximum atomic E-state index is 14.4. The number of carboxylic acid groups (broad SMARTS) is 1. The molecule has 2 aromatic carbocycles. The third kappa shape index (κ3) is 4.71. The van der Waals surface area contributed by atoms with Gasteiger partial charge in [-0.3, -0.25) is 9.69 Å². The van der Waals surface area contributed by atoms with Crippen LogP contribution in [-0.2, 0) is 31.7 Å². The van der Waals surface area contributed by atoms with Crippen molar-refractivity contribution in [3.63, 3.8) is 0 Å². The summed E-state index contributed by atoms with van der Waals surface area (Å²) in [6.07, 6.45) is -0.501. The quantitative estimate of drug-likeness (QED) is 0.359. The van der Waals surface area contributed by atoms with Gasteiger partial charge in [0.2, 0.25) is 0 Å². The first kappa shape index (κ1) is 28.7. The van der Waals surface area contributed by atoms with E-state index in [-0.39, 0.29) is 35.7 Å². The molecule has 0 atom stereocenters. The molecule has 9 nitrogen and oxygen atoms in total. The second-order valence-corrected chi connectivity index (χ2v) is 12.3. The SMILES string of the molecule is Cn1cnnc1C1(c2cccc(N3Cc4c(cc(CN(C(=O)O)C5(C)CCC5)cc4C(F)(F)F)C3=O)c2)CC(CC#N)C1. The third-order valence-corrected chi connectivity index (χ3v) is 9.56. The highest BCUT2D eigenvalue weighted by Gasteiger charge is 2.50. The Kier molecular flexibility index (Phi) is 6.75. The van der Waals surface area contributed by atoms with E-state index < -0.39 is 34.7 Å². The number of nitriles is 1. The summed E-state index contributed by atoms with van der Waals surface area (Å²) >= 11 is 0. The molecule has 2 aliphatic carbocycles. The van der Waals surface area contributed by atoms with Crippen molar-refractivity contribution in [3.05, 3.63) is 76.4 Å². The van der Waals surface area contributed by atoms with Gasteiger partial charge in [0.15, 0.2) is 0 Å². The fraction of sp³-hybridized carbons (Fsp3) is 0.452. The first-order valence-electron chi connectivity index (χ1n) is 14.2. The van der Waals surface area contributed by atoms with Gasteiger partial charge < -0.3 is 14.6 Å². The molecule has 6 rings (SSSR count). The summed E-state index contributed by atoms with van der Waals surface area (Å²) in [7, 11) is 1.84. The van der Waals surface area contributed by atoms with E-state index in [2.05, 4.69) is 16.3 Å². The van der Waals surface area contributed by atoms with E-state index in [4.69, 9.17) is 0 Å². The minimum atomic E-state index is -4.73. The number of anilines is 1. The smallest absolute Gasteiger partial charge is 0.416 e. The van der Waals surface area contributed by atoms with Crippen LogP contribution in [0.3, 0.4) is 0 Å². The normalized spacial score (nSPS) is 22.4. The lowest BCUT2D eigenvalue weighted by molar-refractivity contribution is -0.138. The lowest BCUT2D eigenvalue weighted by Gasteiger charge is -2.46. The predicted molar refractivity (Wildman–Crippen MR) is 149 cm³/mol. The number of nitrogens with zero attached hydrogens (tertiary/aromatic N) is 6. The maximum absolute atomic E-state index is 14.4. The molecule has 0 bridgehead atoms. The van der Waals surface area contributed by atoms with Crippen molar-refractivity contribution in [2.75, 3.05) is 4.90 Å². The molecule has 3 aliphatic rings. The number of rotatable bonds is 7. The first-order valence-corrected chi connectivity index (χ1v) is 14.2. The second-order valence-electron chi connectivity index (χ2n) is 12.3. The van der Waals surface area contributed by atoms with E-state index in [0.717, 1.165) is 23.9 Å². The van der Waals surface area contributed by atoms with Crippen molar-refractivity contribution in [1.29, 1.82) is 5.26 Å². The topological polar surface area (TPSA) is 115 Å². The summed E-state index contributed by atoms with van der Waals surface area (Å²) in [5.41, 5.74) is -0.874. The Hall–Kier alpha value is -4.40. The van der Waals surface area contributed by atoms with E-state index in [9.17, 15) is 33.1 Å². The highest BCUT2D eigenvalue weighted by molar-refractivity contribution is 6.10. The molecule has 0 saturated heterocycles. The molecule has 1 aromatic heterocycles. The number of aryl methyl sites for hydroxylation is 1. The van der Waals surface area contributed by atoms with Gasteiger partial charge in [-0.1, -0.05) is 12.1 Å². The van der Waals surface area contributed by atoms with Crippen LogP contribution in [0.2, 0.25) is 0 Å². The van der Waals surface area contributed by atoms with Crippen LogP contribution in [0, 0.1) is 17.2 Å². The minimum Gasteiger partial charge on any atom is -0.465 e. The van der Waals surface area contributed by atoms with E-state index in [0.29, 0.717) is 37.8 Å². The number of halogens is 3. The molecular weight excluding hydrogens is 561 g/mol. The summed E-state index contributed by atoms with van der Waals surface area (Å²) < 4.78 is 44.9. The number of fused-ring (bicyclic) bond motifs is 1. The Morgan fingerprint density at radius 2 is 1.98 bits per heavy atom. The average molecular weight is 593 g/mol. The molecule has 2 saturated carbocycles. The van der Waals surface area contributed by atoms with E-state index in [1.807, 2.05) is 23.7 Å². The van der Waals surface area contributed by atoms with Gasteiger partial charge in [0.1, 0.15) is 12.2 Å². The van der Waals surface area contributed by atoms with E-state index in [1.54, 1.807) is 25.4 Å². The van der Waals surface area contributed by atoms with Gasteiger partial charge in [-0.25, -0.2) is 4.79 Å². The van der Waals surface area contributed by atoms with Crippen LogP contribution in [0.15, 0.2) is 42.7 Å². The monoisotopic (exact) mass is 592 g/mol. The molecule has 2 amide bonds. The summed E-state index contributed by atoms with van der Waals surface area (Å²) in [5, 5.41) is 27.5. The molecule has 224 valence electrons. The summed E-state index contributed by atoms with van der Waals surface area (Å²) in [5.74, 6) is 0.324. The van der Waals surface area contributed by atoms with Gasteiger partial charge in [-0.2, -0.15) is 18.4 Å². The van der Waals surface area contributed by atoms with Crippen molar-refractivity contribution in [2.24, 2.45) is 13.0 Å². The molecule has 3 aromatic rings. The Labute approximate surface area is 246 Å². The van der Waals surface area contributed by atoms with Crippen molar-refractivity contribution in [2.45, 2.75) is 75.7 Å². The Morgan fingerprint density at radius 1 is 1.23 bits per heavy atom. The van der Waals surface area contributed by atoms with Crippen molar-refractivity contribution in [1.82, 2.24) is 19.7 Å². The number of hydrogen-bond acceptors (Lipinski definition) is 5. The molecule has 43 heavy (non-hydrogen) atoms. The van der Waals surface area contributed by atoms with Crippen molar-refractivity contribution < 1.29 is 27.9 Å². The molecule has 2 fully saturated rings. The molecule has 0 radical (unpaired) electrons. The molecule has 12 heteroatoms. The predicted octanol–water partition coefficient (Wildman–Crippen LogP) is 6.03. The first-order chi connectivity index (χ1) is 20.4. The van der Waals surface area contributed by atoms with Gasteiger partial charge in [0, 0.05) is 36.8 Å². The van der Waals surface area contributed by atoms with Crippen LogP contribution in [0.1, 0.15) is 83.9 Å². The maximum Gasteiger partial charge on any atom is 0.416 e. The highest BCUT2D eigenvalue weighted by Crippen LogP contribution is 2.53. The molecule has 0 unspecified atom stereocenters. The van der Waals surface area contributed by atoms with E-state index >= 15 is 0 Å². The Balaban J connectivity index is 1.36. The number of hydrogen-bond donors (Lipinski definition) is 1. The fourth-order valence-electron chi connectivity index (χ4n) is 7.09. The molecule has 0 spiro atoms. The van der Waals surface area contributed by atoms with Crippen LogP contribution < -0.4 is 4.90 Å². The number of benzene rings is 2. The van der Waals surface area contributed by atoms with Crippen molar-refractivity contribution in [3.8, 4) is 6.07 Å². The molecular formula is C31H31F3N6O3. The van der Waals surface area contributed by atoms with Gasteiger partial charge in [-0.05, 0) is 85.9 Å². The zero-order chi connectivity index (χ0) is 30.7. The lowest BCUT2D eigenvalue weighted by Crippen LogP contribution is -2.53. The summed E-state index contributed by atoms with van der Waals surface area (Å²) in [4.78, 5) is 28.3. The van der Waals surface area contributed by atoms with Gasteiger partial charge in [-0.15, -0.1) is 10.2 Å². The largest absolute Gasteiger partial charge is 0.465 e. The average Bonchev–Trinajstić information content (AvgIpc) is 3.49. The fourth-order valence-corrected chi connectivity index (χ4v) is 7.09. The zero-order valence-electron chi connectivity index (χ0n) is 23.9. The molecule has 1 N–H and O–H groups in total. The second kappa shape index (κ2) is 10.1. The van der Waals surface area contributed by atoms with Gasteiger partial charge in [0.05, 0.1) is 23.6 Å². The Bertz CT molecular complexity index is 1650. The van der Waals surface area contributed by atoms with Crippen LogP contribution in [0.5, 0.6) is 0 Å². The number of carbonyl (C=O) groups is 2. The van der Waals surface area contributed by atoms with Crippen LogP contribution in [0.4, 0.5) is 23.7 Å². The van der Waals surface area contributed by atoms with Crippen molar-refractivity contribution >= 4 is 17.7 Å². The van der Waals surface area contributed by atoms with Crippen LogP contribution in [-0.4, -0.2) is 42.3 Å². The standard InChI is InChI=1S/C31H31F3N6O3/c1-29(8-4-9-29)40(28(42)43)16-20-11-23-24(25(12-20)31(32,33)34)17-39(26(23)41)22-6-3-5-21(13-22)30(14-19(15-30)7-10-35)27-37-36-18-38(27)2/h3,5-6,11-13,18-19H,4,7-9,14-17H2,1-2H3,(H,42,43). The highest BCUT2D eigenvalue weighted by atomic mass is 19.4.